The van der Waals surface area contributed by atoms with E-state index in [0.717, 1.165) is 12.8 Å². The van der Waals surface area contributed by atoms with Gasteiger partial charge < -0.3 is 5.11 Å². The van der Waals surface area contributed by atoms with Crippen LogP contribution in [0.3, 0.4) is 0 Å². The Bertz CT molecular complexity index is 246. The number of allylic oxidation sites excluding steroid dienone is 2. The van der Waals surface area contributed by atoms with Crippen LogP contribution in [0, 0.1) is 0 Å². The Hall–Kier alpha value is -0.790. The minimum Gasteiger partial charge on any atom is -0.481 e. The minimum atomic E-state index is -0.664. The average Bonchev–Trinajstić information content (AvgIpc) is 2.46. The van der Waals surface area contributed by atoms with Crippen molar-refractivity contribution in [1.82, 2.24) is 0 Å². The molecule has 0 rings (SSSR count). The second-order valence-electron chi connectivity index (χ2n) is 6.08. The summed E-state index contributed by atoms with van der Waals surface area (Å²) < 4.78 is 0. The molecule has 0 spiro atoms. The van der Waals surface area contributed by atoms with Crippen LogP contribution in [-0.4, -0.2) is 11.1 Å². The highest BCUT2D eigenvalue weighted by Gasteiger charge is 1.95. The maximum absolute atomic E-state index is 10.3. The van der Waals surface area contributed by atoms with Crippen molar-refractivity contribution >= 4 is 5.97 Å². The maximum atomic E-state index is 10.3. The van der Waals surface area contributed by atoms with Gasteiger partial charge in [-0.2, -0.15) is 0 Å². The van der Waals surface area contributed by atoms with Crippen LogP contribution >= 0.6 is 0 Å². The molecule has 0 aromatic heterocycles. The molecule has 21 heavy (non-hydrogen) atoms. The third-order valence-corrected chi connectivity index (χ3v) is 3.90. The van der Waals surface area contributed by atoms with Gasteiger partial charge >= 0.3 is 5.97 Å². The number of carboxylic acids is 1. The van der Waals surface area contributed by atoms with Crippen LogP contribution in [0.5, 0.6) is 0 Å². The molecule has 0 aromatic rings. The van der Waals surface area contributed by atoms with E-state index in [0.29, 0.717) is 6.42 Å². The smallest absolute Gasteiger partial charge is 0.303 e. The van der Waals surface area contributed by atoms with Gasteiger partial charge in [-0.3, -0.25) is 4.79 Å². The van der Waals surface area contributed by atoms with Crippen LogP contribution in [0.15, 0.2) is 12.2 Å². The highest BCUT2D eigenvalue weighted by Crippen LogP contribution is 2.10. The quantitative estimate of drug-likeness (QED) is 0.261. The summed E-state index contributed by atoms with van der Waals surface area (Å²) >= 11 is 0. The predicted molar refractivity (Wildman–Crippen MR) is 91.7 cm³/mol. The fourth-order valence-corrected chi connectivity index (χ4v) is 2.52. The molecule has 0 aliphatic rings. The summed E-state index contributed by atoms with van der Waals surface area (Å²) in [6.45, 7) is 2.26. The first-order chi connectivity index (χ1) is 10.3. The number of rotatable bonds is 16. The minimum absolute atomic E-state index is 0.332. The van der Waals surface area contributed by atoms with E-state index < -0.39 is 5.97 Å². The van der Waals surface area contributed by atoms with Crippen molar-refractivity contribution in [2.24, 2.45) is 0 Å². The molecule has 0 bridgehead atoms. The van der Waals surface area contributed by atoms with E-state index >= 15 is 0 Å². The number of aliphatic carboxylic acids is 1. The Labute approximate surface area is 132 Å². The first kappa shape index (κ1) is 20.2. The zero-order valence-electron chi connectivity index (χ0n) is 14.1. The fourth-order valence-electron chi connectivity index (χ4n) is 2.52. The lowest BCUT2D eigenvalue weighted by Crippen LogP contribution is -1.93. The SMILES string of the molecule is CCCCCCCCCC=CCCCCCCCC(=O)O. The molecule has 124 valence electrons. The average molecular weight is 296 g/mol. The first-order valence-corrected chi connectivity index (χ1v) is 9.14. The van der Waals surface area contributed by atoms with Crippen LogP contribution < -0.4 is 0 Å². The Morgan fingerprint density at radius 2 is 1.14 bits per heavy atom. The molecule has 0 radical (unpaired) electrons. The number of hydrogen-bond donors (Lipinski definition) is 1. The van der Waals surface area contributed by atoms with Gasteiger partial charge in [0.05, 0.1) is 0 Å². The van der Waals surface area contributed by atoms with Crippen LogP contribution in [0.25, 0.3) is 0 Å². The summed E-state index contributed by atoms with van der Waals surface area (Å²) in [5.41, 5.74) is 0. The Morgan fingerprint density at radius 1 is 0.714 bits per heavy atom. The summed E-state index contributed by atoms with van der Waals surface area (Å²) in [7, 11) is 0. The van der Waals surface area contributed by atoms with E-state index in [-0.39, 0.29) is 0 Å². The molecule has 0 aromatic carbocycles. The standard InChI is InChI=1S/C19H36O2/c1-2-3-4-5-6-7-8-9-10-11-12-13-14-15-16-17-18-19(20)21/h10-11H,2-9,12-18H2,1H3,(H,20,21). The number of unbranched alkanes of at least 4 members (excludes halogenated alkanes) is 12. The first-order valence-electron chi connectivity index (χ1n) is 9.14. The summed E-state index contributed by atoms with van der Waals surface area (Å²) in [5, 5.41) is 8.52. The molecule has 0 amide bonds. The molecule has 0 unspecified atom stereocenters. The number of carboxylic acid groups (broad SMARTS) is 1. The fraction of sp³-hybridized carbons (Fsp3) is 0.842. The second kappa shape index (κ2) is 17.3. The van der Waals surface area contributed by atoms with Crippen LogP contribution in [0.4, 0.5) is 0 Å². The van der Waals surface area contributed by atoms with Crippen molar-refractivity contribution in [2.75, 3.05) is 0 Å². The van der Waals surface area contributed by atoms with E-state index in [9.17, 15) is 4.79 Å². The highest BCUT2D eigenvalue weighted by atomic mass is 16.4. The van der Waals surface area contributed by atoms with E-state index in [1.807, 2.05) is 0 Å². The molecule has 0 aliphatic carbocycles. The molecule has 0 aliphatic heterocycles. The molecule has 1 N–H and O–H groups in total. The van der Waals surface area contributed by atoms with E-state index in [2.05, 4.69) is 19.1 Å². The molecule has 0 saturated carbocycles. The summed E-state index contributed by atoms with van der Waals surface area (Å²) in [6, 6.07) is 0. The third kappa shape index (κ3) is 19.2. The van der Waals surface area contributed by atoms with Gasteiger partial charge in [0.1, 0.15) is 0 Å². The van der Waals surface area contributed by atoms with Crippen molar-refractivity contribution in [3.8, 4) is 0 Å². The molecule has 2 heteroatoms. The molecular formula is C19H36O2. The van der Waals surface area contributed by atoms with Gasteiger partial charge in [-0.15, -0.1) is 0 Å². The highest BCUT2D eigenvalue weighted by molar-refractivity contribution is 5.66. The molecule has 0 heterocycles. The predicted octanol–water partition coefficient (Wildman–Crippen LogP) is 6.50. The number of hydrogen-bond acceptors (Lipinski definition) is 1. The Morgan fingerprint density at radius 3 is 1.62 bits per heavy atom. The molecule has 0 saturated heterocycles. The van der Waals surface area contributed by atoms with E-state index in [1.54, 1.807) is 0 Å². The lowest BCUT2D eigenvalue weighted by molar-refractivity contribution is -0.137. The van der Waals surface area contributed by atoms with Gasteiger partial charge in [0.25, 0.3) is 0 Å². The summed E-state index contributed by atoms with van der Waals surface area (Å²) in [4.78, 5) is 10.3. The van der Waals surface area contributed by atoms with Gasteiger partial charge in [0, 0.05) is 6.42 Å². The van der Waals surface area contributed by atoms with Gasteiger partial charge in [0.2, 0.25) is 0 Å². The van der Waals surface area contributed by atoms with Crippen LogP contribution in [0.2, 0.25) is 0 Å². The molecule has 2 nitrogen and oxygen atoms in total. The zero-order valence-corrected chi connectivity index (χ0v) is 14.1. The second-order valence-corrected chi connectivity index (χ2v) is 6.08. The lowest BCUT2D eigenvalue weighted by Gasteiger charge is -1.99. The topological polar surface area (TPSA) is 37.3 Å². The Balaban J connectivity index is 3.07. The van der Waals surface area contributed by atoms with Gasteiger partial charge in [-0.25, -0.2) is 0 Å². The van der Waals surface area contributed by atoms with Crippen molar-refractivity contribution in [1.29, 1.82) is 0 Å². The molecule has 0 fully saturated rings. The summed E-state index contributed by atoms with van der Waals surface area (Å²) in [6.07, 6.45) is 22.7. The van der Waals surface area contributed by atoms with E-state index in [1.165, 1.54) is 77.0 Å². The van der Waals surface area contributed by atoms with Crippen molar-refractivity contribution in [2.45, 2.75) is 103 Å². The lowest BCUT2D eigenvalue weighted by atomic mass is 10.1. The monoisotopic (exact) mass is 296 g/mol. The van der Waals surface area contributed by atoms with Crippen molar-refractivity contribution in [3.63, 3.8) is 0 Å². The van der Waals surface area contributed by atoms with E-state index in [4.69, 9.17) is 5.11 Å². The van der Waals surface area contributed by atoms with Gasteiger partial charge in [-0.05, 0) is 32.1 Å². The maximum Gasteiger partial charge on any atom is 0.303 e. The van der Waals surface area contributed by atoms with Crippen LogP contribution in [-0.2, 0) is 4.79 Å². The largest absolute Gasteiger partial charge is 0.481 e. The van der Waals surface area contributed by atoms with Crippen molar-refractivity contribution in [3.05, 3.63) is 12.2 Å². The number of carbonyl (C=O) groups is 1. The van der Waals surface area contributed by atoms with Crippen molar-refractivity contribution < 1.29 is 9.90 Å². The normalized spacial score (nSPS) is 11.3. The van der Waals surface area contributed by atoms with Crippen LogP contribution in [0.1, 0.15) is 103 Å². The molecular weight excluding hydrogens is 260 g/mol. The zero-order chi connectivity index (χ0) is 15.6. The molecule has 0 atom stereocenters. The Kier molecular flexibility index (Phi) is 16.6. The van der Waals surface area contributed by atoms with Gasteiger partial charge in [-0.1, -0.05) is 76.9 Å². The van der Waals surface area contributed by atoms with Gasteiger partial charge in [0.15, 0.2) is 0 Å². The third-order valence-electron chi connectivity index (χ3n) is 3.90. The summed E-state index contributed by atoms with van der Waals surface area (Å²) in [5.74, 6) is -0.664.